The molecule has 4 N–H and O–H groups in total. The highest BCUT2D eigenvalue weighted by atomic mass is 32.2. The van der Waals surface area contributed by atoms with Crippen molar-refractivity contribution in [3.63, 3.8) is 0 Å². The first-order chi connectivity index (χ1) is 8.74. The van der Waals surface area contributed by atoms with Gasteiger partial charge in [-0.25, -0.2) is 4.98 Å². The molecule has 1 aromatic carbocycles. The van der Waals surface area contributed by atoms with Gasteiger partial charge in [0, 0.05) is 29.9 Å². The highest BCUT2D eigenvalue weighted by Crippen LogP contribution is 2.16. The number of nitrogens with zero attached hydrogens (tertiary/aromatic N) is 1. The lowest BCUT2D eigenvalue weighted by molar-refractivity contribution is 0.126. The number of hydrogen-bond donors (Lipinski definition) is 3. The number of nitrogens with two attached hydrogens (primary N) is 1. The first-order valence-electron chi connectivity index (χ1n) is 5.52. The molecule has 0 radical (unpaired) electrons. The van der Waals surface area contributed by atoms with Gasteiger partial charge in [0.2, 0.25) is 0 Å². The molecule has 18 heavy (non-hydrogen) atoms. The van der Waals surface area contributed by atoms with E-state index in [1.54, 1.807) is 24.5 Å². The lowest BCUT2D eigenvalue weighted by atomic mass is 10.3. The molecule has 0 aliphatic carbocycles. The summed E-state index contributed by atoms with van der Waals surface area (Å²) in [6, 6.07) is 7.14. The Labute approximate surface area is 109 Å². The first-order valence-corrected chi connectivity index (χ1v) is 6.51. The van der Waals surface area contributed by atoms with E-state index >= 15 is 0 Å². The molecule has 96 valence electrons. The fourth-order valence-electron chi connectivity index (χ4n) is 1.35. The van der Waals surface area contributed by atoms with Gasteiger partial charge in [-0.3, -0.25) is 0 Å². The number of aromatic amines is 1. The molecule has 5 nitrogen and oxygen atoms in total. The number of aromatic nitrogens is 2. The van der Waals surface area contributed by atoms with Crippen molar-refractivity contribution in [2.75, 3.05) is 18.1 Å². The minimum absolute atomic E-state index is 0.233. The normalized spacial score (nSPS) is 12.3. The summed E-state index contributed by atoms with van der Waals surface area (Å²) in [5, 5.41) is 10.5. The Kier molecular flexibility index (Phi) is 4.49. The number of aliphatic hydroxyl groups excluding tert-OH is 1. The van der Waals surface area contributed by atoms with Crippen molar-refractivity contribution in [2.45, 2.75) is 11.3 Å². The molecule has 0 spiro atoms. The van der Waals surface area contributed by atoms with E-state index in [1.165, 1.54) is 11.8 Å². The van der Waals surface area contributed by atoms with Gasteiger partial charge in [0.25, 0.3) is 0 Å². The van der Waals surface area contributed by atoms with E-state index in [1.807, 2.05) is 12.1 Å². The van der Waals surface area contributed by atoms with Gasteiger partial charge in [-0.05, 0) is 12.1 Å². The van der Waals surface area contributed by atoms with Crippen molar-refractivity contribution in [1.82, 2.24) is 9.97 Å². The van der Waals surface area contributed by atoms with Crippen LogP contribution in [0.15, 0.2) is 41.8 Å². The van der Waals surface area contributed by atoms with Crippen molar-refractivity contribution in [2.24, 2.45) is 0 Å². The molecule has 1 heterocycles. The summed E-state index contributed by atoms with van der Waals surface area (Å²) in [6.45, 7) is 0.233. The van der Waals surface area contributed by atoms with E-state index in [-0.39, 0.29) is 6.61 Å². The average molecular weight is 265 g/mol. The van der Waals surface area contributed by atoms with Gasteiger partial charge in [-0.15, -0.1) is 0 Å². The standard InChI is InChI=1S/C12H15N3O2S/c13-9-2-1-3-11(6-9)17-7-10(16)8-18-12-14-4-5-15-12/h1-6,10,16H,7-8,13H2,(H,14,15). The number of H-pyrrole nitrogens is 1. The van der Waals surface area contributed by atoms with Crippen molar-refractivity contribution >= 4 is 17.4 Å². The highest BCUT2D eigenvalue weighted by Gasteiger charge is 2.07. The fourth-order valence-corrected chi connectivity index (χ4v) is 2.08. The Morgan fingerprint density at radius 2 is 2.39 bits per heavy atom. The number of nitrogen functional groups attached to an aromatic ring is 1. The van der Waals surface area contributed by atoms with E-state index in [4.69, 9.17) is 10.5 Å². The first kappa shape index (κ1) is 12.8. The maximum absolute atomic E-state index is 9.76. The smallest absolute Gasteiger partial charge is 0.165 e. The summed E-state index contributed by atoms with van der Waals surface area (Å²) < 4.78 is 5.44. The molecule has 0 bridgehead atoms. The van der Waals surface area contributed by atoms with Gasteiger partial charge < -0.3 is 20.6 Å². The molecule has 6 heteroatoms. The third-order valence-corrected chi connectivity index (χ3v) is 3.23. The van der Waals surface area contributed by atoms with Crippen LogP contribution in [0.1, 0.15) is 0 Å². The van der Waals surface area contributed by atoms with Crippen LogP contribution in [0.5, 0.6) is 5.75 Å². The number of ether oxygens (including phenoxy) is 1. The number of imidazole rings is 1. The van der Waals surface area contributed by atoms with Crippen LogP contribution in [0.3, 0.4) is 0 Å². The van der Waals surface area contributed by atoms with Crippen LogP contribution in [-0.2, 0) is 0 Å². The van der Waals surface area contributed by atoms with E-state index in [2.05, 4.69) is 9.97 Å². The predicted octanol–water partition coefficient (Wildman–Crippen LogP) is 1.52. The topological polar surface area (TPSA) is 84.2 Å². The highest BCUT2D eigenvalue weighted by molar-refractivity contribution is 7.99. The molecule has 0 saturated heterocycles. The third-order valence-electron chi connectivity index (χ3n) is 2.19. The van der Waals surface area contributed by atoms with Gasteiger partial charge in [0.1, 0.15) is 12.4 Å². The molecule has 0 saturated carbocycles. The van der Waals surface area contributed by atoms with Crippen LogP contribution < -0.4 is 10.5 Å². The van der Waals surface area contributed by atoms with Crippen molar-refractivity contribution in [1.29, 1.82) is 0 Å². The quantitative estimate of drug-likeness (QED) is 0.545. The summed E-state index contributed by atoms with van der Waals surface area (Å²) in [4.78, 5) is 7.01. The minimum atomic E-state index is -0.554. The zero-order valence-electron chi connectivity index (χ0n) is 9.74. The van der Waals surface area contributed by atoms with Gasteiger partial charge in [-0.2, -0.15) is 0 Å². The van der Waals surface area contributed by atoms with E-state index in [0.717, 1.165) is 5.16 Å². The van der Waals surface area contributed by atoms with E-state index in [9.17, 15) is 5.11 Å². The van der Waals surface area contributed by atoms with Crippen LogP contribution in [0.2, 0.25) is 0 Å². The van der Waals surface area contributed by atoms with Gasteiger partial charge in [0.05, 0.1) is 6.10 Å². The number of benzene rings is 1. The molecule has 0 amide bonds. The van der Waals surface area contributed by atoms with Crippen LogP contribution in [0.4, 0.5) is 5.69 Å². The molecular weight excluding hydrogens is 250 g/mol. The number of hydrogen-bond acceptors (Lipinski definition) is 5. The second kappa shape index (κ2) is 6.32. The van der Waals surface area contributed by atoms with Crippen LogP contribution in [-0.4, -0.2) is 33.5 Å². The van der Waals surface area contributed by atoms with Crippen LogP contribution in [0.25, 0.3) is 0 Å². The zero-order chi connectivity index (χ0) is 12.8. The molecule has 1 atom stereocenters. The number of nitrogens with one attached hydrogen (secondary N) is 1. The lowest BCUT2D eigenvalue weighted by Crippen LogP contribution is -2.20. The Balaban J connectivity index is 1.73. The SMILES string of the molecule is Nc1cccc(OCC(O)CSc2ncc[nH]2)c1. The Hall–Kier alpha value is -1.66. The Bertz CT molecular complexity index is 476. The van der Waals surface area contributed by atoms with E-state index in [0.29, 0.717) is 17.2 Å². The molecule has 0 fully saturated rings. The van der Waals surface area contributed by atoms with E-state index < -0.39 is 6.10 Å². The minimum Gasteiger partial charge on any atom is -0.491 e. The predicted molar refractivity (Wildman–Crippen MR) is 71.7 cm³/mol. The lowest BCUT2D eigenvalue weighted by Gasteiger charge is -2.11. The van der Waals surface area contributed by atoms with Crippen molar-refractivity contribution in [3.8, 4) is 5.75 Å². The molecular formula is C12H15N3O2S. The number of aliphatic hydroxyl groups is 1. The molecule has 1 aromatic heterocycles. The molecule has 0 aliphatic rings. The summed E-state index contributed by atoms with van der Waals surface area (Å²) in [5.41, 5.74) is 6.27. The maximum Gasteiger partial charge on any atom is 0.165 e. The average Bonchev–Trinajstić information content (AvgIpc) is 2.87. The van der Waals surface area contributed by atoms with Crippen molar-refractivity contribution < 1.29 is 9.84 Å². The molecule has 2 rings (SSSR count). The van der Waals surface area contributed by atoms with Gasteiger partial charge in [0.15, 0.2) is 5.16 Å². The monoisotopic (exact) mass is 265 g/mol. The Morgan fingerprint density at radius 3 is 3.11 bits per heavy atom. The Morgan fingerprint density at radius 1 is 1.50 bits per heavy atom. The number of anilines is 1. The van der Waals surface area contributed by atoms with Crippen molar-refractivity contribution in [3.05, 3.63) is 36.7 Å². The summed E-state index contributed by atoms with van der Waals surface area (Å²) in [6.07, 6.45) is 2.87. The second-order valence-electron chi connectivity index (χ2n) is 3.74. The molecule has 1 unspecified atom stereocenters. The number of thioether (sulfide) groups is 1. The third kappa shape index (κ3) is 3.97. The summed E-state index contributed by atoms with van der Waals surface area (Å²) in [7, 11) is 0. The fraction of sp³-hybridized carbons (Fsp3) is 0.250. The van der Waals surface area contributed by atoms with Crippen LogP contribution >= 0.6 is 11.8 Å². The number of rotatable bonds is 6. The van der Waals surface area contributed by atoms with Crippen LogP contribution in [0, 0.1) is 0 Å². The largest absolute Gasteiger partial charge is 0.491 e. The summed E-state index contributed by atoms with van der Waals surface area (Å²) in [5.74, 6) is 1.19. The summed E-state index contributed by atoms with van der Waals surface area (Å²) >= 11 is 1.45. The van der Waals surface area contributed by atoms with Gasteiger partial charge >= 0.3 is 0 Å². The molecule has 0 aliphatic heterocycles. The zero-order valence-corrected chi connectivity index (χ0v) is 10.6. The molecule has 2 aromatic rings. The van der Waals surface area contributed by atoms with Gasteiger partial charge in [-0.1, -0.05) is 17.8 Å². The second-order valence-corrected chi connectivity index (χ2v) is 4.75. The maximum atomic E-state index is 9.76.